The highest BCUT2D eigenvalue weighted by atomic mass is 127. The van der Waals surface area contributed by atoms with E-state index in [4.69, 9.17) is 9.73 Å². The van der Waals surface area contributed by atoms with Gasteiger partial charge in [0.1, 0.15) is 0 Å². The van der Waals surface area contributed by atoms with Crippen LogP contribution >= 0.6 is 24.0 Å². The van der Waals surface area contributed by atoms with Gasteiger partial charge >= 0.3 is 0 Å². The van der Waals surface area contributed by atoms with E-state index in [9.17, 15) is 0 Å². The largest absolute Gasteiger partial charge is 0.379 e. The van der Waals surface area contributed by atoms with Crippen molar-refractivity contribution < 1.29 is 4.74 Å². The number of ether oxygens (including phenoxy) is 1. The Labute approximate surface area is 153 Å². The van der Waals surface area contributed by atoms with Gasteiger partial charge in [-0.1, -0.05) is 13.8 Å². The number of morpholine rings is 1. The fourth-order valence-electron chi connectivity index (χ4n) is 2.36. The number of nitrogens with zero attached hydrogens (tertiary/aromatic N) is 2. The molecule has 6 heteroatoms. The summed E-state index contributed by atoms with van der Waals surface area (Å²) < 4.78 is 5.43. The molecule has 0 aromatic carbocycles. The first-order valence-electron chi connectivity index (χ1n) is 8.30. The SMILES string of the molecule is CCNC(=NCC(C)(C)N1CCOCC1)NCCC(C)C.I. The van der Waals surface area contributed by atoms with E-state index in [1.165, 1.54) is 0 Å². The lowest BCUT2D eigenvalue weighted by Gasteiger charge is -2.39. The molecule has 5 nitrogen and oxygen atoms in total. The molecule has 0 amide bonds. The van der Waals surface area contributed by atoms with Crippen LogP contribution in [0.3, 0.4) is 0 Å². The third-order valence-electron chi connectivity index (χ3n) is 3.85. The minimum atomic E-state index is 0. The average Bonchev–Trinajstić information content (AvgIpc) is 2.45. The Morgan fingerprint density at radius 1 is 1.23 bits per heavy atom. The van der Waals surface area contributed by atoms with E-state index in [1.807, 2.05) is 0 Å². The molecule has 1 heterocycles. The molecule has 0 aromatic rings. The maximum absolute atomic E-state index is 5.43. The fraction of sp³-hybridized carbons (Fsp3) is 0.938. The van der Waals surface area contributed by atoms with E-state index in [2.05, 4.69) is 50.2 Å². The van der Waals surface area contributed by atoms with Crippen LogP contribution in [-0.4, -0.2) is 62.3 Å². The summed E-state index contributed by atoms with van der Waals surface area (Å²) >= 11 is 0. The number of nitrogens with one attached hydrogen (secondary N) is 2. The highest BCUT2D eigenvalue weighted by molar-refractivity contribution is 14.0. The number of halogens is 1. The molecule has 2 N–H and O–H groups in total. The van der Waals surface area contributed by atoms with Crippen LogP contribution in [0.2, 0.25) is 0 Å². The molecule has 0 bridgehead atoms. The van der Waals surface area contributed by atoms with Gasteiger partial charge in [-0.15, -0.1) is 24.0 Å². The molecule has 0 radical (unpaired) electrons. The zero-order chi connectivity index (χ0) is 15.7. The van der Waals surface area contributed by atoms with Crippen LogP contribution in [-0.2, 0) is 4.74 Å². The molecule has 0 aliphatic carbocycles. The summed E-state index contributed by atoms with van der Waals surface area (Å²) in [4.78, 5) is 7.24. The first-order chi connectivity index (χ1) is 9.95. The molecule has 1 saturated heterocycles. The van der Waals surface area contributed by atoms with Crippen molar-refractivity contribution in [2.45, 2.75) is 46.6 Å². The Morgan fingerprint density at radius 3 is 2.41 bits per heavy atom. The fourth-order valence-corrected chi connectivity index (χ4v) is 2.36. The van der Waals surface area contributed by atoms with Crippen molar-refractivity contribution in [2.75, 3.05) is 45.9 Å². The summed E-state index contributed by atoms with van der Waals surface area (Å²) in [6, 6.07) is 0. The van der Waals surface area contributed by atoms with Crippen molar-refractivity contribution in [1.29, 1.82) is 0 Å². The molecule has 1 aliphatic heterocycles. The van der Waals surface area contributed by atoms with Crippen LogP contribution in [0.5, 0.6) is 0 Å². The van der Waals surface area contributed by atoms with Crippen molar-refractivity contribution >= 4 is 29.9 Å². The summed E-state index contributed by atoms with van der Waals surface area (Å²) in [5, 5.41) is 6.75. The normalized spacial score (nSPS) is 17.3. The molecule has 0 aromatic heterocycles. The van der Waals surface area contributed by atoms with Crippen LogP contribution in [0.25, 0.3) is 0 Å². The van der Waals surface area contributed by atoms with E-state index < -0.39 is 0 Å². The Morgan fingerprint density at radius 2 is 1.86 bits per heavy atom. The zero-order valence-electron chi connectivity index (χ0n) is 14.9. The minimum Gasteiger partial charge on any atom is -0.379 e. The number of aliphatic imine (C=N–C) groups is 1. The maximum Gasteiger partial charge on any atom is 0.191 e. The second-order valence-corrected chi connectivity index (χ2v) is 6.72. The smallest absolute Gasteiger partial charge is 0.191 e. The summed E-state index contributed by atoms with van der Waals surface area (Å²) in [6.45, 7) is 17.4. The minimum absolute atomic E-state index is 0. The van der Waals surface area contributed by atoms with Gasteiger partial charge in [-0.25, -0.2) is 0 Å². The quantitative estimate of drug-likeness (QED) is 0.373. The Balaban J connectivity index is 0.00000441. The summed E-state index contributed by atoms with van der Waals surface area (Å²) in [6.07, 6.45) is 1.16. The number of hydrogen-bond acceptors (Lipinski definition) is 3. The first-order valence-corrected chi connectivity index (χ1v) is 8.30. The van der Waals surface area contributed by atoms with Gasteiger partial charge in [-0.3, -0.25) is 9.89 Å². The van der Waals surface area contributed by atoms with Crippen molar-refractivity contribution in [3.63, 3.8) is 0 Å². The first kappa shape index (κ1) is 21.9. The predicted octanol–water partition coefficient (Wildman–Crippen LogP) is 2.32. The van der Waals surface area contributed by atoms with Crippen LogP contribution in [0, 0.1) is 5.92 Å². The number of guanidine groups is 1. The average molecular weight is 426 g/mol. The van der Waals surface area contributed by atoms with Gasteiger partial charge in [0.15, 0.2) is 5.96 Å². The Bertz CT molecular complexity index is 315. The van der Waals surface area contributed by atoms with E-state index in [0.29, 0.717) is 5.92 Å². The van der Waals surface area contributed by atoms with Crippen molar-refractivity contribution in [3.05, 3.63) is 0 Å². The van der Waals surface area contributed by atoms with Crippen molar-refractivity contribution in [1.82, 2.24) is 15.5 Å². The van der Waals surface area contributed by atoms with Crippen molar-refractivity contribution in [3.8, 4) is 0 Å². The Hall–Kier alpha value is -0.0800. The molecule has 1 aliphatic rings. The topological polar surface area (TPSA) is 48.9 Å². The van der Waals surface area contributed by atoms with E-state index >= 15 is 0 Å². The number of hydrogen-bond donors (Lipinski definition) is 2. The third-order valence-corrected chi connectivity index (χ3v) is 3.85. The molecule has 22 heavy (non-hydrogen) atoms. The monoisotopic (exact) mass is 426 g/mol. The molecule has 0 atom stereocenters. The van der Waals surface area contributed by atoms with E-state index in [0.717, 1.165) is 58.3 Å². The molecule has 0 saturated carbocycles. The lowest BCUT2D eigenvalue weighted by Crippen LogP contribution is -2.52. The second kappa shape index (κ2) is 11.5. The molecule has 0 unspecified atom stereocenters. The third kappa shape index (κ3) is 8.53. The van der Waals surface area contributed by atoms with Crippen LogP contribution < -0.4 is 10.6 Å². The highest BCUT2D eigenvalue weighted by Crippen LogP contribution is 2.16. The molecule has 1 rings (SSSR count). The molecular weight excluding hydrogens is 391 g/mol. The number of rotatable bonds is 7. The van der Waals surface area contributed by atoms with Crippen LogP contribution in [0.1, 0.15) is 41.0 Å². The highest BCUT2D eigenvalue weighted by Gasteiger charge is 2.27. The molecule has 0 spiro atoms. The maximum atomic E-state index is 5.43. The lowest BCUT2D eigenvalue weighted by atomic mass is 10.0. The van der Waals surface area contributed by atoms with Crippen LogP contribution in [0.4, 0.5) is 0 Å². The summed E-state index contributed by atoms with van der Waals surface area (Å²) in [7, 11) is 0. The Kier molecular flexibility index (Phi) is 11.4. The van der Waals surface area contributed by atoms with Gasteiger partial charge in [0.05, 0.1) is 19.8 Å². The summed E-state index contributed by atoms with van der Waals surface area (Å²) in [5.74, 6) is 1.64. The predicted molar refractivity (Wildman–Crippen MR) is 105 cm³/mol. The van der Waals surface area contributed by atoms with Gasteiger partial charge in [-0.05, 0) is 33.1 Å². The summed E-state index contributed by atoms with van der Waals surface area (Å²) in [5.41, 5.74) is 0.0736. The second-order valence-electron chi connectivity index (χ2n) is 6.72. The lowest BCUT2D eigenvalue weighted by molar-refractivity contribution is -0.00683. The van der Waals surface area contributed by atoms with Gasteiger partial charge in [0, 0.05) is 31.7 Å². The standard InChI is InChI=1S/C16H34N4O.HI/c1-6-17-15(18-8-7-14(2)3)19-13-16(4,5)20-9-11-21-12-10-20;/h14H,6-13H2,1-5H3,(H2,17,18,19);1H. The zero-order valence-corrected chi connectivity index (χ0v) is 17.3. The van der Waals surface area contributed by atoms with Gasteiger partial charge in [0.25, 0.3) is 0 Å². The van der Waals surface area contributed by atoms with Crippen LogP contribution in [0.15, 0.2) is 4.99 Å². The van der Waals surface area contributed by atoms with Gasteiger partial charge in [-0.2, -0.15) is 0 Å². The van der Waals surface area contributed by atoms with E-state index in [-0.39, 0.29) is 29.5 Å². The molecule has 132 valence electrons. The molecular formula is C16H35IN4O. The van der Waals surface area contributed by atoms with Gasteiger partial charge in [0.2, 0.25) is 0 Å². The van der Waals surface area contributed by atoms with E-state index in [1.54, 1.807) is 0 Å². The van der Waals surface area contributed by atoms with Crippen molar-refractivity contribution in [2.24, 2.45) is 10.9 Å². The van der Waals surface area contributed by atoms with Gasteiger partial charge < -0.3 is 15.4 Å². The molecule has 1 fully saturated rings.